The molecule has 2 rings (SSSR count). The Bertz CT molecular complexity index is 662. The lowest BCUT2D eigenvalue weighted by Gasteiger charge is -2.31. The summed E-state index contributed by atoms with van der Waals surface area (Å²) in [5.74, 6) is 0.731. The Balaban J connectivity index is 2.02. The summed E-state index contributed by atoms with van der Waals surface area (Å²) in [5.41, 5.74) is 0. The molecular weight excluding hydrogens is 312 g/mol. The summed E-state index contributed by atoms with van der Waals surface area (Å²) in [7, 11) is -3.94. The standard InChI is InChI=1S/C15H17F2NO3S/c1-2-9-21-11-12-5-7-18(8-6-12)22(19,20)15-4-3-13(16)10-14(15)17/h1,3-4,10,12H,5-9,11H2. The number of rotatable bonds is 5. The van der Waals surface area contributed by atoms with Crippen LogP contribution in [0.1, 0.15) is 12.8 Å². The van der Waals surface area contributed by atoms with Crippen molar-refractivity contribution in [1.29, 1.82) is 0 Å². The van der Waals surface area contributed by atoms with E-state index in [4.69, 9.17) is 11.2 Å². The Kier molecular flexibility index (Phi) is 5.51. The third-order valence-corrected chi connectivity index (χ3v) is 5.56. The molecule has 0 atom stereocenters. The van der Waals surface area contributed by atoms with E-state index in [9.17, 15) is 17.2 Å². The van der Waals surface area contributed by atoms with Gasteiger partial charge < -0.3 is 4.74 Å². The van der Waals surface area contributed by atoms with Crippen molar-refractivity contribution in [3.63, 3.8) is 0 Å². The van der Waals surface area contributed by atoms with Gasteiger partial charge in [-0.25, -0.2) is 17.2 Å². The molecule has 0 radical (unpaired) electrons. The molecule has 0 amide bonds. The Morgan fingerprint density at radius 3 is 2.59 bits per heavy atom. The van der Waals surface area contributed by atoms with Crippen LogP contribution in [-0.4, -0.2) is 39.0 Å². The van der Waals surface area contributed by atoms with Crippen LogP contribution in [0.2, 0.25) is 0 Å². The Morgan fingerprint density at radius 1 is 1.32 bits per heavy atom. The molecule has 0 aliphatic carbocycles. The first-order chi connectivity index (χ1) is 10.4. The second-order valence-corrected chi connectivity index (χ2v) is 7.05. The molecule has 1 aromatic carbocycles. The monoisotopic (exact) mass is 329 g/mol. The maximum absolute atomic E-state index is 13.7. The summed E-state index contributed by atoms with van der Waals surface area (Å²) in [6, 6.07) is 2.48. The second kappa shape index (κ2) is 7.18. The number of piperidine rings is 1. The molecule has 7 heteroatoms. The van der Waals surface area contributed by atoms with Crippen LogP contribution >= 0.6 is 0 Å². The average Bonchev–Trinajstić information content (AvgIpc) is 2.47. The van der Waals surface area contributed by atoms with Gasteiger partial charge in [-0.05, 0) is 30.9 Å². The first-order valence-corrected chi connectivity index (χ1v) is 8.35. The van der Waals surface area contributed by atoms with Gasteiger partial charge in [-0.15, -0.1) is 6.42 Å². The molecule has 120 valence electrons. The zero-order valence-corrected chi connectivity index (χ0v) is 12.8. The normalized spacial score (nSPS) is 17.3. The van der Waals surface area contributed by atoms with Crippen LogP contribution in [0.15, 0.2) is 23.1 Å². The van der Waals surface area contributed by atoms with Gasteiger partial charge in [-0.1, -0.05) is 5.92 Å². The van der Waals surface area contributed by atoms with Crippen LogP contribution in [0, 0.1) is 29.9 Å². The number of benzene rings is 1. The van der Waals surface area contributed by atoms with E-state index in [0.717, 1.165) is 12.1 Å². The maximum atomic E-state index is 13.7. The molecule has 0 spiro atoms. The highest BCUT2D eigenvalue weighted by Gasteiger charge is 2.31. The molecule has 0 N–H and O–H groups in total. The highest BCUT2D eigenvalue weighted by molar-refractivity contribution is 7.89. The van der Waals surface area contributed by atoms with Gasteiger partial charge in [-0.2, -0.15) is 4.31 Å². The van der Waals surface area contributed by atoms with Gasteiger partial charge in [0.1, 0.15) is 23.1 Å². The number of terminal acetylenes is 1. The molecule has 1 aliphatic heterocycles. The van der Waals surface area contributed by atoms with Crippen molar-refractivity contribution in [2.24, 2.45) is 5.92 Å². The van der Waals surface area contributed by atoms with E-state index in [1.807, 2.05) is 0 Å². The molecule has 4 nitrogen and oxygen atoms in total. The lowest BCUT2D eigenvalue weighted by atomic mass is 9.99. The number of hydrogen-bond donors (Lipinski definition) is 0. The van der Waals surface area contributed by atoms with Gasteiger partial charge in [0.05, 0.1) is 6.61 Å². The lowest BCUT2D eigenvalue weighted by Crippen LogP contribution is -2.39. The van der Waals surface area contributed by atoms with Crippen LogP contribution in [0.5, 0.6) is 0 Å². The molecular formula is C15H17F2NO3S. The zero-order chi connectivity index (χ0) is 16.2. The molecule has 0 aromatic heterocycles. The number of halogens is 2. The molecule has 1 aromatic rings. The predicted molar refractivity (Wildman–Crippen MR) is 77.5 cm³/mol. The predicted octanol–water partition coefficient (Wildman–Crippen LogP) is 2.02. The minimum atomic E-state index is -3.94. The van der Waals surface area contributed by atoms with E-state index in [0.29, 0.717) is 25.5 Å². The smallest absolute Gasteiger partial charge is 0.245 e. The largest absolute Gasteiger partial charge is 0.369 e. The first kappa shape index (κ1) is 16.9. The van der Waals surface area contributed by atoms with E-state index in [-0.39, 0.29) is 25.6 Å². The second-order valence-electron chi connectivity index (χ2n) is 5.14. The van der Waals surface area contributed by atoms with Gasteiger partial charge in [-0.3, -0.25) is 0 Å². The summed E-state index contributed by atoms with van der Waals surface area (Å²) < 4.78 is 57.9. The van der Waals surface area contributed by atoms with E-state index in [1.165, 1.54) is 4.31 Å². The van der Waals surface area contributed by atoms with Gasteiger partial charge in [0, 0.05) is 19.2 Å². The minimum Gasteiger partial charge on any atom is -0.369 e. The Hall–Kier alpha value is -1.49. The van der Waals surface area contributed by atoms with Crippen LogP contribution in [0.25, 0.3) is 0 Å². The van der Waals surface area contributed by atoms with Crippen molar-refractivity contribution in [2.75, 3.05) is 26.3 Å². The molecule has 1 aliphatic rings. The summed E-state index contributed by atoms with van der Waals surface area (Å²) in [4.78, 5) is -0.490. The SMILES string of the molecule is C#CCOCC1CCN(S(=O)(=O)c2ccc(F)cc2F)CC1. The van der Waals surface area contributed by atoms with Gasteiger partial charge in [0.2, 0.25) is 10.0 Å². The van der Waals surface area contributed by atoms with Crippen molar-refractivity contribution >= 4 is 10.0 Å². The van der Waals surface area contributed by atoms with Crippen molar-refractivity contribution in [3.05, 3.63) is 29.8 Å². The summed E-state index contributed by atoms with van der Waals surface area (Å²) in [6.07, 6.45) is 6.32. The molecule has 1 saturated heterocycles. The Labute approximate surface area is 129 Å². The van der Waals surface area contributed by atoms with E-state index >= 15 is 0 Å². The number of ether oxygens (including phenoxy) is 1. The number of nitrogens with zero attached hydrogens (tertiary/aromatic N) is 1. The van der Waals surface area contributed by atoms with Crippen molar-refractivity contribution in [2.45, 2.75) is 17.7 Å². The highest BCUT2D eigenvalue weighted by atomic mass is 32.2. The molecule has 0 bridgehead atoms. The fraction of sp³-hybridized carbons (Fsp3) is 0.467. The summed E-state index contributed by atoms with van der Waals surface area (Å²) in [6.45, 7) is 1.29. The van der Waals surface area contributed by atoms with Crippen LogP contribution < -0.4 is 0 Å². The highest BCUT2D eigenvalue weighted by Crippen LogP contribution is 2.25. The van der Waals surface area contributed by atoms with Gasteiger partial charge in [0.25, 0.3) is 0 Å². The van der Waals surface area contributed by atoms with Gasteiger partial charge >= 0.3 is 0 Å². The van der Waals surface area contributed by atoms with Crippen molar-refractivity contribution in [3.8, 4) is 12.3 Å². The van der Waals surface area contributed by atoms with E-state index in [1.54, 1.807) is 0 Å². The topological polar surface area (TPSA) is 46.6 Å². The maximum Gasteiger partial charge on any atom is 0.245 e. The lowest BCUT2D eigenvalue weighted by molar-refractivity contribution is 0.101. The first-order valence-electron chi connectivity index (χ1n) is 6.91. The summed E-state index contributed by atoms with van der Waals surface area (Å²) in [5, 5.41) is 0. The molecule has 1 fully saturated rings. The molecule has 0 unspecified atom stereocenters. The van der Waals surface area contributed by atoms with Crippen LogP contribution in [0.4, 0.5) is 8.78 Å². The average molecular weight is 329 g/mol. The van der Waals surface area contributed by atoms with Crippen LogP contribution in [-0.2, 0) is 14.8 Å². The number of hydrogen-bond acceptors (Lipinski definition) is 3. The van der Waals surface area contributed by atoms with Gasteiger partial charge in [0.15, 0.2) is 0 Å². The fourth-order valence-electron chi connectivity index (χ4n) is 2.42. The third kappa shape index (κ3) is 3.83. The van der Waals surface area contributed by atoms with E-state index < -0.39 is 26.6 Å². The zero-order valence-electron chi connectivity index (χ0n) is 12.0. The molecule has 22 heavy (non-hydrogen) atoms. The number of sulfonamides is 1. The van der Waals surface area contributed by atoms with Crippen molar-refractivity contribution in [1.82, 2.24) is 4.31 Å². The fourth-order valence-corrected chi connectivity index (χ4v) is 3.94. The Morgan fingerprint density at radius 2 is 2.00 bits per heavy atom. The molecule has 1 heterocycles. The quantitative estimate of drug-likeness (QED) is 0.613. The van der Waals surface area contributed by atoms with Crippen molar-refractivity contribution < 1.29 is 21.9 Å². The summed E-state index contributed by atoms with van der Waals surface area (Å²) >= 11 is 0. The van der Waals surface area contributed by atoms with E-state index in [2.05, 4.69) is 5.92 Å². The third-order valence-electron chi connectivity index (χ3n) is 3.62. The van der Waals surface area contributed by atoms with Crippen LogP contribution in [0.3, 0.4) is 0 Å². The molecule has 0 saturated carbocycles. The minimum absolute atomic E-state index is 0.234.